The molecule has 5 heteroatoms. The van der Waals surface area contributed by atoms with Gasteiger partial charge in [0, 0.05) is 25.7 Å². The molecule has 0 spiro atoms. The minimum Gasteiger partial charge on any atom is -0.378 e. The molecular weight excluding hydrogens is 276 g/mol. The van der Waals surface area contributed by atoms with E-state index in [9.17, 15) is 0 Å². The molecule has 120 valence electrons. The van der Waals surface area contributed by atoms with Crippen molar-refractivity contribution in [2.45, 2.75) is 25.4 Å². The molecule has 2 aliphatic rings. The van der Waals surface area contributed by atoms with Crippen molar-refractivity contribution in [2.24, 2.45) is 10.7 Å². The Labute approximate surface area is 132 Å². The van der Waals surface area contributed by atoms with Crippen molar-refractivity contribution < 1.29 is 4.74 Å². The summed E-state index contributed by atoms with van der Waals surface area (Å²) in [5.41, 5.74) is 7.50. The Balaban J connectivity index is 1.54. The molecule has 2 saturated heterocycles. The van der Waals surface area contributed by atoms with Gasteiger partial charge in [0.15, 0.2) is 5.96 Å². The highest BCUT2D eigenvalue weighted by Crippen LogP contribution is 2.20. The van der Waals surface area contributed by atoms with E-state index in [1.807, 2.05) is 0 Å². The van der Waals surface area contributed by atoms with E-state index in [4.69, 9.17) is 10.5 Å². The molecule has 2 fully saturated rings. The van der Waals surface area contributed by atoms with Crippen molar-refractivity contribution in [1.29, 1.82) is 0 Å². The first-order valence-electron chi connectivity index (χ1n) is 8.23. The minimum atomic E-state index is 0.514. The van der Waals surface area contributed by atoms with Gasteiger partial charge >= 0.3 is 0 Å². The lowest BCUT2D eigenvalue weighted by Crippen LogP contribution is -2.45. The summed E-state index contributed by atoms with van der Waals surface area (Å²) >= 11 is 0. The second-order valence-electron chi connectivity index (χ2n) is 6.05. The van der Waals surface area contributed by atoms with Gasteiger partial charge in [-0.15, -0.1) is 0 Å². The van der Waals surface area contributed by atoms with Crippen molar-refractivity contribution in [1.82, 2.24) is 9.80 Å². The monoisotopic (exact) mass is 302 g/mol. The van der Waals surface area contributed by atoms with Gasteiger partial charge in [-0.3, -0.25) is 9.89 Å². The molecule has 0 bridgehead atoms. The van der Waals surface area contributed by atoms with E-state index < -0.39 is 0 Å². The van der Waals surface area contributed by atoms with Crippen molar-refractivity contribution >= 4 is 5.96 Å². The lowest BCUT2D eigenvalue weighted by Gasteiger charge is -2.28. The quantitative estimate of drug-likeness (QED) is 0.673. The third-order valence-corrected chi connectivity index (χ3v) is 4.53. The van der Waals surface area contributed by atoms with Crippen molar-refractivity contribution in [3.8, 4) is 0 Å². The highest BCUT2D eigenvalue weighted by Gasteiger charge is 2.24. The van der Waals surface area contributed by atoms with Crippen LogP contribution in [0.3, 0.4) is 0 Å². The zero-order chi connectivity index (χ0) is 15.2. The van der Waals surface area contributed by atoms with Crippen LogP contribution in [0.1, 0.15) is 18.4 Å². The Bertz CT molecular complexity index is 485. The number of guanidine groups is 1. The molecule has 3 rings (SSSR count). The molecule has 0 saturated carbocycles. The van der Waals surface area contributed by atoms with Crippen LogP contribution in [0.2, 0.25) is 0 Å². The Morgan fingerprint density at radius 1 is 1.18 bits per heavy atom. The Morgan fingerprint density at radius 2 is 1.95 bits per heavy atom. The molecule has 5 nitrogen and oxygen atoms in total. The summed E-state index contributed by atoms with van der Waals surface area (Å²) in [6, 6.07) is 11.2. The summed E-state index contributed by atoms with van der Waals surface area (Å²) in [6.07, 6.45) is 2.47. The summed E-state index contributed by atoms with van der Waals surface area (Å²) in [6.45, 7) is 6.18. The van der Waals surface area contributed by atoms with Gasteiger partial charge in [-0.25, -0.2) is 0 Å². The number of ether oxygens (including phenoxy) is 1. The van der Waals surface area contributed by atoms with Gasteiger partial charge in [-0.2, -0.15) is 0 Å². The smallest absolute Gasteiger partial charge is 0.191 e. The first kappa shape index (κ1) is 15.3. The maximum atomic E-state index is 6.13. The number of nitrogens with zero attached hydrogens (tertiary/aromatic N) is 3. The van der Waals surface area contributed by atoms with Crippen LogP contribution in [0.4, 0.5) is 0 Å². The van der Waals surface area contributed by atoms with Crippen LogP contribution in [0.25, 0.3) is 0 Å². The average molecular weight is 302 g/mol. The second-order valence-corrected chi connectivity index (χ2v) is 6.05. The molecule has 1 aromatic rings. The van der Waals surface area contributed by atoms with Crippen LogP contribution in [-0.4, -0.2) is 61.2 Å². The van der Waals surface area contributed by atoms with Crippen molar-refractivity contribution in [2.75, 3.05) is 39.4 Å². The van der Waals surface area contributed by atoms with Gasteiger partial charge in [-0.05, 0) is 24.9 Å². The maximum absolute atomic E-state index is 6.13. The second kappa shape index (κ2) is 7.61. The van der Waals surface area contributed by atoms with E-state index in [0.717, 1.165) is 45.9 Å². The van der Waals surface area contributed by atoms with E-state index in [0.29, 0.717) is 12.0 Å². The van der Waals surface area contributed by atoms with Crippen LogP contribution >= 0.6 is 0 Å². The highest BCUT2D eigenvalue weighted by atomic mass is 16.5. The summed E-state index contributed by atoms with van der Waals surface area (Å²) < 4.78 is 5.35. The van der Waals surface area contributed by atoms with Gasteiger partial charge in [0.05, 0.1) is 19.8 Å². The van der Waals surface area contributed by atoms with Crippen LogP contribution in [-0.2, 0) is 11.3 Å². The fourth-order valence-corrected chi connectivity index (χ4v) is 3.22. The van der Waals surface area contributed by atoms with E-state index >= 15 is 0 Å². The van der Waals surface area contributed by atoms with Gasteiger partial charge < -0.3 is 15.4 Å². The van der Waals surface area contributed by atoms with E-state index in [-0.39, 0.29) is 0 Å². The summed E-state index contributed by atoms with van der Waals surface area (Å²) in [5, 5.41) is 0. The van der Waals surface area contributed by atoms with E-state index in [1.165, 1.54) is 18.4 Å². The number of likely N-dealkylation sites (tertiary alicyclic amines) is 1. The molecule has 1 aromatic carbocycles. The molecule has 0 aromatic heterocycles. The maximum Gasteiger partial charge on any atom is 0.191 e. The molecular formula is C17H26N4O. The van der Waals surface area contributed by atoms with Gasteiger partial charge in [0.25, 0.3) is 0 Å². The third-order valence-electron chi connectivity index (χ3n) is 4.53. The first-order chi connectivity index (χ1) is 10.8. The van der Waals surface area contributed by atoms with E-state index in [1.54, 1.807) is 0 Å². The molecule has 1 unspecified atom stereocenters. The summed E-state index contributed by atoms with van der Waals surface area (Å²) in [4.78, 5) is 9.30. The Hall–Kier alpha value is -1.59. The third kappa shape index (κ3) is 3.99. The lowest BCUT2D eigenvalue weighted by atomic mass is 10.2. The number of aliphatic imine (C=N–C) groups is 1. The molecule has 22 heavy (non-hydrogen) atoms. The predicted molar refractivity (Wildman–Crippen MR) is 88.8 cm³/mol. The van der Waals surface area contributed by atoms with Gasteiger partial charge in [0.1, 0.15) is 0 Å². The number of hydrogen-bond acceptors (Lipinski definition) is 3. The van der Waals surface area contributed by atoms with E-state index in [2.05, 4.69) is 45.1 Å². The highest BCUT2D eigenvalue weighted by molar-refractivity contribution is 5.78. The summed E-state index contributed by atoms with van der Waals surface area (Å²) in [5.74, 6) is 0.676. The fraction of sp³-hybridized carbons (Fsp3) is 0.588. The average Bonchev–Trinajstić information content (AvgIpc) is 3.01. The van der Waals surface area contributed by atoms with Crippen LogP contribution < -0.4 is 5.73 Å². The molecule has 1 atom stereocenters. The standard InChI is InChI=1S/C17H26N4O/c18-17(20-9-11-22-12-10-20)19-13-16-7-4-8-21(16)14-15-5-2-1-3-6-15/h1-3,5-6,16H,4,7-14H2,(H2,18,19). The molecule has 0 aliphatic carbocycles. The number of hydrogen-bond donors (Lipinski definition) is 1. The van der Waals surface area contributed by atoms with Gasteiger partial charge in [-0.1, -0.05) is 30.3 Å². The molecule has 2 heterocycles. The topological polar surface area (TPSA) is 54.1 Å². The number of morpholine rings is 1. The van der Waals surface area contributed by atoms with Gasteiger partial charge in [0.2, 0.25) is 0 Å². The molecule has 0 amide bonds. The molecule has 2 aliphatic heterocycles. The lowest BCUT2D eigenvalue weighted by molar-refractivity contribution is 0.0673. The number of benzene rings is 1. The largest absolute Gasteiger partial charge is 0.378 e. The van der Waals surface area contributed by atoms with Crippen molar-refractivity contribution in [3.63, 3.8) is 0 Å². The van der Waals surface area contributed by atoms with Crippen LogP contribution in [0.15, 0.2) is 35.3 Å². The van der Waals surface area contributed by atoms with Crippen LogP contribution in [0, 0.1) is 0 Å². The predicted octanol–water partition coefficient (Wildman–Crippen LogP) is 1.30. The van der Waals surface area contributed by atoms with Crippen molar-refractivity contribution in [3.05, 3.63) is 35.9 Å². The van der Waals surface area contributed by atoms with Crippen LogP contribution in [0.5, 0.6) is 0 Å². The zero-order valence-electron chi connectivity index (χ0n) is 13.2. The SMILES string of the molecule is NC(=NCC1CCCN1Cc1ccccc1)N1CCOCC1. The minimum absolute atomic E-state index is 0.514. The molecule has 2 N–H and O–H groups in total. The molecule has 0 radical (unpaired) electrons. The summed E-state index contributed by atoms with van der Waals surface area (Å²) in [7, 11) is 0. The first-order valence-corrected chi connectivity index (χ1v) is 8.23. The fourth-order valence-electron chi connectivity index (χ4n) is 3.22. The Kier molecular flexibility index (Phi) is 5.29. The Morgan fingerprint density at radius 3 is 2.73 bits per heavy atom. The normalized spacial score (nSPS) is 23.9. The number of rotatable bonds is 4. The number of nitrogens with two attached hydrogens (primary N) is 1. The zero-order valence-corrected chi connectivity index (χ0v) is 13.2.